The molecule has 9 heteroatoms. The Kier molecular flexibility index (Phi) is 6.26. The van der Waals surface area contributed by atoms with Gasteiger partial charge in [0.1, 0.15) is 23.1 Å². The molecule has 162 valence electrons. The van der Waals surface area contributed by atoms with Crippen LogP contribution in [0.4, 0.5) is 17.2 Å². The highest BCUT2D eigenvalue weighted by Gasteiger charge is 2.07. The number of nitrogens with zero attached hydrogens (tertiary/aromatic N) is 4. The van der Waals surface area contributed by atoms with Crippen molar-refractivity contribution in [1.29, 1.82) is 0 Å². The molecule has 2 N–H and O–H groups in total. The molecule has 0 radical (unpaired) electrons. The minimum atomic E-state index is -0.260. The third-order valence-corrected chi connectivity index (χ3v) is 4.42. The first-order valence-electron chi connectivity index (χ1n) is 9.88. The minimum absolute atomic E-state index is 0.108. The maximum absolute atomic E-state index is 12.2. The van der Waals surface area contributed by atoms with Crippen LogP contribution in [0.15, 0.2) is 73.1 Å². The Labute approximate surface area is 185 Å². The van der Waals surface area contributed by atoms with Gasteiger partial charge in [-0.1, -0.05) is 6.07 Å². The van der Waals surface area contributed by atoms with Crippen LogP contribution < -0.4 is 20.1 Å². The lowest BCUT2D eigenvalue weighted by Crippen LogP contribution is -2.20. The van der Waals surface area contributed by atoms with Crippen molar-refractivity contribution in [2.24, 2.45) is 0 Å². The molecule has 2 aromatic heterocycles. The maximum atomic E-state index is 12.2. The van der Waals surface area contributed by atoms with E-state index in [1.165, 1.54) is 0 Å². The molecule has 0 aliphatic rings. The van der Waals surface area contributed by atoms with E-state index in [1.54, 1.807) is 48.3 Å². The Morgan fingerprint density at radius 3 is 2.53 bits per heavy atom. The Morgan fingerprint density at radius 2 is 1.78 bits per heavy atom. The molecule has 9 nitrogen and oxygen atoms in total. The summed E-state index contributed by atoms with van der Waals surface area (Å²) in [6.07, 6.45) is 3.51. The maximum Gasteiger partial charge on any atom is 0.262 e. The molecule has 0 saturated carbocycles. The molecule has 4 aromatic rings. The summed E-state index contributed by atoms with van der Waals surface area (Å²) in [5, 5.41) is 10.3. The van der Waals surface area contributed by atoms with Gasteiger partial charge in [-0.2, -0.15) is 5.10 Å². The average Bonchev–Trinajstić information content (AvgIpc) is 3.34. The third kappa shape index (κ3) is 5.39. The summed E-state index contributed by atoms with van der Waals surface area (Å²) in [7, 11) is 1.58. The zero-order chi connectivity index (χ0) is 22.3. The number of ether oxygens (including phenoxy) is 2. The van der Waals surface area contributed by atoms with E-state index in [0.29, 0.717) is 34.6 Å². The van der Waals surface area contributed by atoms with Crippen LogP contribution >= 0.6 is 0 Å². The molecule has 0 aliphatic heterocycles. The van der Waals surface area contributed by atoms with Gasteiger partial charge < -0.3 is 20.1 Å². The number of aromatic nitrogens is 4. The van der Waals surface area contributed by atoms with Crippen molar-refractivity contribution >= 4 is 23.1 Å². The molecule has 0 atom stereocenters. The van der Waals surface area contributed by atoms with Crippen molar-refractivity contribution in [2.45, 2.75) is 6.92 Å². The van der Waals surface area contributed by atoms with Crippen molar-refractivity contribution < 1.29 is 14.3 Å². The van der Waals surface area contributed by atoms with E-state index >= 15 is 0 Å². The number of nitrogens with one attached hydrogen (secondary N) is 2. The van der Waals surface area contributed by atoms with E-state index in [0.717, 1.165) is 5.69 Å². The number of hydrogen-bond donors (Lipinski definition) is 2. The molecular formula is C23H22N6O3. The highest BCUT2D eigenvalue weighted by Crippen LogP contribution is 2.20. The molecule has 2 aromatic carbocycles. The predicted octanol–water partition coefficient (Wildman–Crippen LogP) is 3.74. The second-order valence-electron chi connectivity index (χ2n) is 6.83. The molecule has 4 rings (SSSR count). The first-order valence-corrected chi connectivity index (χ1v) is 9.88. The molecule has 0 bridgehead atoms. The van der Waals surface area contributed by atoms with Gasteiger partial charge in [-0.25, -0.2) is 14.6 Å². The van der Waals surface area contributed by atoms with Crippen LogP contribution in [0.5, 0.6) is 11.5 Å². The molecule has 1 amide bonds. The third-order valence-electron chi connectivity index (χ3n) is 4.42. The fraction of sp³-hybridized carbons (Fsp3) is 0.130. The van der Waals surface area contributed by atoms with Gasteiger partial charge in [0.15, 0.2) is 12.4 Å². The van der Waals surface area contributed by atoms with E-state index in [4.69, 9.17) is 9.47 Å². The largest absolute Gasteiger partial charge is 0.497 e. The zero-order valence-electron chi connectivity index (χ0n) is 17.6. The minimum Gasteiger partial charge on any atom is -0.497 e. The smallest absolute Gasteiger partial charge is 0.262 e. The number of methoxy groups -OCH3 is 1. The van der Waals surface area contributed by atoms with Crippen LogP contribution in [0.2, 0.25) is 0 Å². The van der Waals surface area contributed by atoms with Crippen molar-refractivity contribution in [3.05, 3.63) is 78.9 Å². The summed E-state index contributed by atoms with van der Waals surface area (Å²) in [5.41, 5.74) is 1.48. The zero-order valence-corrected chi connectivity index (χ0v) is 17.6. The van der Waals surface area contributed by atoms with Crippen LogP contribution in [0.1, 0.15) is 5.82 Å². The Hall–Kier alpha value is -4.40. The Bertz CT molecular complexity index is 1190. The van der Waals surface area contributed by atoms with Crippen LogP contribution in [-0.2, 0) is 4.79 Å². The van der Waals surface area contributed by atoms with Crippen molar-refractivity contribution in [3.8, 4) is 17.3 Å². The van der Waals surface area contributed by atoms with Gasteiger partial charge in [-0.3, -0.25) is 4.79 Å². The van der Waals surface area contributed by atoms with Crippen LogP contribution in [-0.4, -0.2) is 39.4 Å². The van der Waals surface area contributed by atoms with Gasteiger partial charge in [0, 0.05) is 35.9 Å². The molecular weight excluding hydrogens is 408 g/mol. The lowest BCUT2D eigenvalue weighted by Gasteiger charge is -2.11. The van der Waals surface area contributed by atoms with Crippen molar-refractivity contribution in [1.82, 2.24) is 19.7 Å². The highest BCUT2D eigenvalue weighted by atomic mass is 16.5. The standard InChI is InChI=1S/C23H22N6O3/c1-16-25-21(14-22(26-16)29-12-4-11-24-29)27-17-7-9-18(10-8-17)28-23(30)15-32-20-6-3-5-19(13-20)31-2/h3-14H,15H2,1-2H3,(H,28,30)(H,25,26,27). The molecule has 0 fully saturated rings. The van der Waals surface area contributed by atoms with E-state index in [9.17, 15) is 4.79 Å². The summed E-state index contributed by atoms with van der Waals surface area (Å²) in [4.78, 5) is 21.0. The quantitative estimate of drug-likeness (QED) is 0.439. The number of benzene rings is 2. The van der Waals surface area contributed by atoms with E-state index in [1.807, 2.05) is 43.5 Å². The summed E-state index contributed by atoms with van der Waals surface area (Å²) in [6, 6.07) is 18.0. The summed E-state index contributed by atoms with van der Waals surface area (Å²) in [6.45, 7) is 1.72. The van der Waals surface area contributed by atoms with E-state index in [-0.39, 0.29) is 12.5 Å². The van der Waals surface area contributed by atoms with Crippen LogP contribution in [0, 0.1) is 6.92 Å². The normalized spacial score (nSPS) is 10.4. The second-order valence-corrected chi connectivity index (χ2v) is 6.83. The lowest BCUT2D eigenvalue weighted by molar-refractivity contribution is -0.118. The second kappa shape index (κ2) is 9.61. The first-order chi connectivity index (χ1) is 15.6. The summed E-state index contributed by atoms with van der Waals surface area (Å²) < 4.78 is 12.3. The Balaban J connectivity index is 1.34. The van der Waals surface area contributed by atoms with Crippen molar-refractivity contribution in [3.63, 3.8) is 0 Å². The van der Waals surface area contributed by atoms with Gasteiger partial charge in [-0.15, -0.1) is 0 Å². The fourth-order valence-electron chi connectivity index (χ4n) is 2.96. The number of carbonyl (C=O) groups excluding carboxylic acids is 1. The van der Waals surface area contributed by atoms with E-state index in [2.05, 4.69) is 25.7 Å². The molecule has 2 heterocycles. The summed E-state index contributed by atoms with van der Waals surface area (Å²) >= 11 is 0. The average molecular weight is 430 g/mol. The van der Waals surface area contributed by atoms with Gasteiger partial charge in [0.2, 0.25) is 0 Å². The first kappa shape index (κ1) is 20.9. The fourth-order valence-corrected chi connectivity index (χ4v) is 2.96. The molecule has 0 aliphatic carbocycles. The molecule has 32 heavy (non-hydrogen) atoms. The van der Waals surface area contributed by atoms with Gasteiger partial charge in [-0.05, 0) is 49.4 Å². The van der Waals surface area contributed by atoms with Gasteiger partial charge in [0.05, 0.1) is 7.11 Å². The lowest BCUT2D eigenvalue weighted by atomic mass is 10.2. The predicted molar refractivity (Wildman–Crippen MR) is 121 cm³/mol. The molecule has 0 spiro atoms. The number of anilines is 3. The number of amides is 1. The highest BCUT2D eigenvalue weighted by molar-refractivity contribution is 5.92. The van der Waals surface area contributed by atoms with E-state index < -0.39 is 0 Å². The van der Waals surface area contributed by atoms with Crippen LogP contribution in [0.3, 0.4) is 0 Å². The van der Waals surface area contributed by atoms with Gasteiger partial charge >= 0.3 is 0 Å². The molecule has 0 saturated heterocycles. The molecule has 0 unspecified atom stereocenters. The Morgan fingerprint density at radius 1 is 1.00 bits per heavy atom. The SMILES string of the molecule is COc1cccc(OCC(=O)Nc2ccc(Nc3cc(-n4cccn4)nc(C)n3)cc2)c1. The number of rotatable bonds is 8. The summed E-state index contributed by atoms with van der Waals surface area (Å²) in [5.74, 6) is 2.91. The monoisotopic (exact) mass is 430 g/mol. The number of hydrogen-bond acceptors (Lipinski definition) is 7. The number of aryl methyl sites for hydroxylation is 1. The van der Waals surface area contributed by atoms with Crippen LogP contribution in [0.25, 0.3) is 5.82 Å². The number of carbonyl (C=O) groups is 1. The van der Waals surface area contributed by atoms with Crippen molar-refractivity contribution in [2.75, 3.05) is 24.4 Å². The van der Waals surface area contributed by atoms with Gasteiger partial charge in [0.25, 0.3) is 5.91 Å². The topological polar surface area (TPSA) is 103 Å².